The van der Waals surface area contributed by atoms with E-state index in [-0.39, 0.29) is 0 Å². The first kappa shape index (κ1) is 13.5. The van der Waals surface area contributed by atoms with Gasteiger partial charge in [0.15, 0.2) is 0 Å². The molecule has 14 heavy (non-hydrogen) atoms. The van der Waals surface area contributed by atoms with Gasteiger partial charge in [0.2, 0.25) is 0 Å². The standard InChI is InChI=1S/C10H16N2S2/c1-4-12(5-2)10(13)14-7-6-9(3)8-11/h6H,4-5,7H2,1-3H3/b9-6+. The third kappa shape index (κ3) is 5.25. The number of thioether (sulfide) groups is 1. The van der Waals surface area contributed by atoms with Crippen LogP contribution in [0.25, 0.3) is 0 Å². The van der Waals surface area contributed by atoms with E-state index < -0.39 is 0 Å². The molecule has 0 aromatic rings. The molecule has 78 valence electrons. The number of thiocarbonyl (C=S) groups is 1. The van der Waals surface area contributed by atoms with Crippen LogP contribution in [0.1, 0.15) is 20.8 Å². The quantitative estimate of drug-likeness (QED) is 0.546. The van der Waals surface area contributed by atoms with Crippen molar-refractivity contribution in [2.24, 2.45) is 0 Å². The molecular formula is C10H16N2S2. The van der Waals surface area contributed by atoms with E-state index in [1.165, 1.54) is 0 Å². The molecule has 0 saturated carbocycles. The van der Waals surface area contributed by atoms with E-state index in [9.17, 15) is 0 Å². The van der Waals surface area contributed by atoms with Gasteiger partial charge in [0.1, 0.15) is 4.32 Å². The molecule has 0 aliphatic rings. The summed E-state index contributed by atoms with van der Waals surface area (Å²) in [5.74, 6) is 0.786. The fourth-order valence-corrected chi connectivity index (χ4v) is 2.24. The van der Waals surface area contributed by atoms with Crippen LogP contribution in [0.4, 0.5) is 0 Å². The first-order valence-electron chi connectivity index (χ1n) is 4.64. The average Bonchev–Trinajstić information content (AvgIpc) is 2.19. The Labute approximate surface area is 96.0 Å². The van der Waals surface area contributed by atoms with Crippen LogP contribution in [-0.2, 0) is 0 Å². The Morgan fingerprint density at radius 3 is 2.50 bits per heavy atom. The minimum absolute atomic E-state index is 0.750. The first-order chi connectivity index (χ1) is 6.65. The van der Waals surface area contributed by atoms with E-state index in [4.69, 9.17) is 17.5 Å². The second-order valence-electron chi connectivity index (χ2n) is 2.75. The van der Waals surface area contributed by atoms with Gasteiger partial charge in [0.25, 0.3) is 0 Å². The van der Waals surface area contributed by atoms with Gasteiger partial charge in [-0.25, -0.2) is 0 Å². The SMILES string of the molecule is CCN(CC)C(=S)SC/C=C(\C)C#N. The van der Waals surface area contributed by atoms with Crippen LogP contribution >= 0.6 is 24.0 Å². The van der Waals surface area contributed by atoms with Gasteiger partial charge in [0, 0.05) is 24.4 Å². The number of nitrogens with zero attached hydrogens (tertiary/aromatic N) is 2. The summed E-state index contributed by atoms with van der Waals surface area (Å²) in [5, 5.41) is 8.53. The number of rotatable bonds is 4. The number of hydrogen-bond acceptors (Lipinski definition) is 3. The summed E-state index contributed by atoms with van der Waals surface area (Å²) in [4.78, 5) is 2.13. The fourth-order valence-electron chi connectivity index (χ4n) is 0.857. The Morgan fingerprint density at radius 1 is 1.50 bits per heavy atom. The normalized spacial score (nSPS) is 10.9. The van der Waals surface area contributed by atoms with Crippen molar-refractivity contribution in [3.05, 3.63) is 11.6 Å². The minimum Gasteiger partial charge on any atom is -0.358 e. The molecule has 0 N–H and O–H groups in total. The van der Waals surface area contributed by atoms with Gasteiger partial charge in [0.05, 0.1) is 6.07 Å². The largest absolute Gasteiger partial charge is 0.358 e. The molecule has 0 saturated heterocycles. The molecule has 0 aromatic heterocycles. The highest BCUT2D eigenvalue weighted by Crippen LogP contribution is 2.10. The monoisotopic (exact) mass is 228 g/mol. The number of hydrogen-bond donors (Lipinski definition) is 0. The summed E-state index contributed by atoms with van der Waals surface area (Å²) in [5.41, 5.74) is 0.750. The lowest BCUT2D eigenvalue weighted by Crippen LogP contribution is -2.26. The Hall–Kier alpha value is -0.530. The van der Waals surface area contributed by atoms with Crippen molar-refractivity contribution in [3.8, 4) is 6.07 Å². The lowest BCUT2D eigenvalue weighted by molar-refractivity contribution is 0.482. The smallest absolute Gasteiger partial charge is 0.136 e. The van der Waals surface area contributed by atoms with E-state index in [0.29, 0.717) is 0 Å². The Morgan fingerprint density at radius 2 is 2.07 bits per heavy atom. The second-order valence-corrected chi connectivity index (χ2v) is 4.40. The third-order valence-corrected chi connectivity index (χ3v) is 3.24. The van der Waals surface area contributed by atoms with E-state index in [1.54, 1.807) is 18.7 Å². The van der Waals surface area contributed by atoms with Gasteiger partial charge in [-0.05, 0) is 20.8 Å². The predicted molar refractivity (Wildman–Crippen MR) is 67.3 cm³/mol. The third-order valence-electron chi connectivity index (χ3n) is 1.79. The van der Waals surface area contributed by atoms with Gasteiger partial charge >= 0.3 is 0 Å². The highest BCUT2D eigenvalue weighted by Gasteiger charge is 2.03. The zero-order chi connectivity index (χ0) is 11.0. The molecule has 0 atom stereocenters. The molecule has 0 radical (unpaired) electrons. The van der Waals surface area contributed by atoms with Gasteiger partial charge in [-0.2, -0.15) is 5.26 Å². The van der Waals surface area contributed by atoms with Crippen molar-refractivity contribution in [1.29, 1.82) is 5.26 Å². The summed E-state index contributed by atoms with van der Waals surface area (Å²) in [7, 11) is 0. The van der Waals surface area contributed by atoms with Crippen LogP contribution in [0.15, 0.2) is 11.6 Å². The van der Waals surface area contributed by atoms with Gasteiger partial charge in [-0.3, -0.25) is 0 Å². The second kappa shape index (κ2) is 7.84. The molecule has 0 aliphatic heterocycles. The van der Waals surface area contributed by atoms with E-state index in [0.717, 1.165) is 28.7 Å². The van der Waals surface area contributed by atoms with Crippen LogP contribution in [0.2, 0.25) is 0 Å². The van der Waals surface area contributed by atoms with Gasteiger partial charge in [-0.1, -0.05) is 30.1 Å². The summed E-state index contributed by atoms with van der Waals surface area (Å²) in [6, 6.07) is 2.09. The van der Waals surface area contributed by atoms with Crippen molar-refractivity contribution in [1.82, 2.24) is 4.90 Å². The Bertz CT molecular complexity index is 249. The zero-order valence-electron chi connectivity index (χ0n) is 8.91. The van der Waals surface area contributed by atoms with E-state index in [1.807, 2.05) is 6.08 Å². The van der Waals surface area contributed by atoms with Crippen LogP contribution in [0, 0.1) is 11.3 Å². The van der Waals surface area contributed by atoms with E-state index >= 15 is 0 Å². The number of allylic oxidation sites excluding steroid dienone is 1. The Kier molecular flexibility index (Phi) is 7.54. The summed E-state index contributed by atoms with van der Waals surface area (Å²) in [6.45, 7) is 7.88. The van der Waals surface area contributed by atoms with Crippen LogP contribution in [0.5, 0.6) is 0 Å². The highest BCUT2D eigenvalue weighted by molar-refractivity contribution is 8.23. The first-order valence-corrected chi connectivity index (χ1v) is 6.03. The highest BCUT2D eigenvalue weighted by atomic mass is 32.2. The maximum atomic E-state index is 8.53. The van der Waals surface area contributed by atoms with E-state index in [2.05, 4.69) is 24.8 Å². The van der Waals surface area contributed by atoms with Crippen molar-refractivity contribution < 1.29 is 0 Å². The summed E-state index contributed by atoms with van der Waals surface area (Å²) in [6.07, 6.45) is 1.90. The van der Waals surface area contributed by atoms with Crippen LogP contribution in [0.3, 0.4) is 0 Å². The van der Waals surface area contributed by atoms with Gasteiger partial charge < -0.3 is 4.90 Å². The molecule has 0 amide bonds. The van der Waals surface area contributed by atoms with Crippen LogP contribution < -0.4 is 0 Å². The van der Waals surface area contributed by atoms with Crippen molar-refractivity contribution in [2.75, 3.05) is 18.8 Å². The van der Waals surface area contributed by atoms with Crippen molar-refractivity contribution in [2.45, 2.75) is 20.8 Å². The zero-order valence-corrected chi connectivity index (χ0v) is 10.5. The molecular weight excluding hydrogens is 212 g/mol. The van der Waals surface area contributed by atoms with Crippen molar-refractivity contribution >= 4 is 28.3 Å². The lowest BCUT2D eigenvalue weighted by Gasteiger charge is -2.20. The van der Waals surface area contributed by atoms with Crippen molar-refractivity contribution in [3.63, 3.8) is 0 Å². The molecule has 0 unspecified atom stereocenters. The molecule has 0 aliphatic carbocycles. The Balaban J connectivity index is 3.91. The predicted octanol–water partition coefficient (Wildman–Crippen LogP) is 2.82. The van der Waals surface area contributed by atoms with Gasteiger partial charge in [-0.15, -0.1) is 0 Å². The molecule has 0 rings (SSSR count). The summed E-state index contributed by atoms with van der Waals surface area (Å²) < 4.78 is 0.914. The molecule has 0 spiro atoms. The molecule has 0 aromatic carbocycles. The average molecular weight is 228 g/mol. The molecule has 0 bridgehead atoms. The summed E-state index contributed by atoms with van der Waals surface area (Å²) >= 11 is 6.85. The molecule has 4 heteroatoms. The topological polar surface area (TPSA) is 27.0 Å². The maximum Gasteiger partial charge on any atom is 0.136 e. The van der Waals surface area contributed by atoms with Crippen LogP contribution in [-0.4, -0.2) is 28.1 Å². The minimum atomic E-state index is 0.750. The lowest BCUT2D eigenvalue weighted by atomic mass is 10.3. The maximum absolute atomic E-state index is 8.53. The molecule has 0 heterocycles. The number of nitriles is 1. The molecule has 0 fully saturated rings. The fraction of sp³-hybridized carbons (Fsp3) is 0.600. The molecule has 2 nitrogen and oxygen atoms in total.